The Balaban J connectivity index is 2.10. The molecule has 1 aromatic rings. The van der Waals surface area contributed by atoms with Crippen LogP contribution in [0.2, 0.25) is 0 Å². The molecule has 0 aromatic heterocycles. The Morgan fingerprint density at radius 3 is 2.75 bits per heavy atom. The van der Waals surface area contributed by atoms with Crippen molar-refractivity contribution in [3.63, 3.8) is 0 Å². The van der Waals surface area contributed by atoms with E-state index < -0.39 is 0 Å². The molecule has 106 valence electrons. The number of aryl methyl sites for hydroxylation is 1. The van der Waals surface area contributed by atoms with Gasteiger partial charge in [0, 0.05) is 17.2 Å². The fourth-order valence-electron chi connectivity index (χ4n) is 2.66. The van der Waals surface area contributed by atoms with Crippen molar-refractivity contribution in [1.29, 1.82) is 0 Å². The van der Waals surface area contributed by atoms with Gasteiger partial charge in [0.25, 0.3) is 5.91 Å². The van der Waals surface area contributed by atoms with E-state index in [0.29, 0.717) is 18.2 Å². The van der Waals surface area contributed by atoms with Crippen molar-refractivity contribution >= 4 is 5.91 Å². The molecule has 2 rings (SSSR count). The molecule has 0 aliphatic heterocycles. The standard InChI is InChI=1S/C17H22N2O/c1-13-10-14(6-5-9-18)12-15(11-13)17(20)19-16-7-3-2-4-8-16/h10-12,16H,2-4,7-9,18H2,1H3,(H,19,20). The maximum Gasteiger partial charge on any atom is 0.251 e. The van der Waals surface area contributed by atoms with Crippen LogP contribution in [0, 0.1) is 18.8 Å². The van der Waals surface area contributed by atoms with Gasteiger partial charge in [0.2, 0.25) is 0 Å². The second kappa shape index (κ2) is 7.12. The lowest BCUT2D eigenvalue weighted by Crippen LogP contribution is -2.36. The smallest absolute Gasteiger partial charge is 0.251 e. The normalized spacial score (nSPS) is 15.3. The number of nitrogens with one attached hydrogen (secondary N) is 1. The molecule has 0 saturated heterocycles. The van der Waals surface area contributed by atoms with Gasteiger partial charge < -0.3 is 11.1 Å². The van der Waals surface area contributed by atoms with Crippen molar-refractivity contribution in [2.45, 2.75) is 45.1 Å². The van der Waals surface area contributed by atoms with Crippen LogP contribution in [-0.4, -0.2) is 18.5 Å². The first-order chi connectivity index (χ1) is 9.69. The van der Waals surface area contributed by atoms with E-state index in [1.165, 1.54) is 19.3 Å². The van der Waals surface area contributed by atoms with Crippen LogP contribution in [0.1, 0.15) is 53.6 Å². The van der Waals surface area contributed by atoms with Crippen LogP contribution in [0.5, 0.6) is 0 Å². The fourth-order valence-corrected chi connectivity index (χ4v) is 2.66. The zero-order chi connectivity index (χ0) is 14.4. The monoisotopic (exact) mass is 270 g/mol. The number of hydrogen-bond acceptors (Lipinski definition) is 2. The molecule has 3 nitrogen and oxygen atoms in total. The third kappa shape index (κ3) is 4.11. The Labute approximate surface area is 120 Å². The first-order valence-corrected chi connectivity index (χ1v) is 7.30. The molecule has 3 heteroatoms. The van der Waals surface area contributed by atoms with Crippen molar-refractivity contribution < 1.29 is 4.79 Å². The summed E-state index contributed by atoms with van der Waals surface area (Å²) >= 11 is 0. The molecular weight excluding hydrogens is 248 g/mol. The van der Waals surface area contributed by atoms with Gasteiger partial charge in [-0.05, 0) is 43.5 Å². The number of carbonyl (C=O) groups is 1. The summed E-state index contributed by atoms with van der Waals surface area (Å²) in [6.45, 7) is 2.31. The lowest BCUT2D eigenvalue weighted by Gasteiger charge is -2.22. The number of amides is 1. The van der Waals surface area contributed by atoms with Crippen molar-refractivity contribution in [3.8, 4) is 11.8 Å². The Morgan fingerprint density at radius 1 is 1.30 bits per heavy atom. The van der Waals surface area contributed by atoms with Gasteiger partial charge in [0.15, 0.2) is 0 Å². The zero-order valence-corrected chi connectivity index (χ0v) is 12.0. The van der Waals surface area contributed by atoms with E-state index in [2.05, 4.69) is 17.2 Å². The molecule has 1 aromatic carbocycles. The van der Waals surface area contributed by atoms with E-state index in [0.717, 1.165) is 24.0 Å². The molecule has 0 atom stereocenters. The minimum absolute atomic E-state index is 0.0106. The average Bonchev–Trinajstić information content (AvgIpc) is 2.45. The van der Waals surface area contributed by atoms with E-state index in [1.54, 1.807) is 0 Å². The van der Waals surface area contributed by atoms with Gasteiger partial charge in [-0.3, -0.25) is 4.79 Å². The van der Waals surface area contributed by atoms with Crippen LogP contribution in [0.3, 0.4) is 0 Å². The third-order valence-corrected chi connectivity index (χ3v) is 3.61. The van der Waals surface area contributed by atoms with Crippen molar-refractivity contribution in [2.75, 3.05) is 6.54 Å². The number of rotatable bonds is 2. The highest BCUT2D eigenvalue weighted by molar-refractivity contribution is 5.95. The predicted octanol–water partition coefficient (Wildman–Crippen LogP) is 2.37. The van der Waals surface area contributed by atoms with E-state index in [-0.39, 0.29) is 5.91 Å². The molecule has 1 fully saturated rings. The number of benzene rings is 1. The van der Waals surface area contributed by atoms with Crippen molar-refractivity contribution in [1.82, 2.24) is 5.32 Å². The van der Waals surface area contributed by atoms with Gasteiger partial charge in [-0.1, -0.05) is 31.1 Å². The first-order valence-electron chi connectivity index (χ1n) is 7.30. The SMILES string of the molecule is Cc1cc(C#CCN)cc(C(=O)NC2CCCCC2)c1. The summed E-state index contributed by atoms with van der Waals surface area (Å²) in [7, 11) is 0. The summed E-state index contributed by atoms with van der Waals surface area (Å²) in [5.41, 5.74) is 7.97. The van der Waals surface area contributed by atoms with Crippen molar-refractivity contribution in [3.05, 3.63) is 34.9 Å². The van der Waals surface area contributed by atoms with E-state index in [4.69, 9.17) is 5.73 Å². The fraction of sp³-hybridized carbons (Fsp3) is 0.471. The van der Waals surface area contributed by atoms with Gasteiger partial charge >= 0.3 is 0 Å². The second-order valence-corrected chi connectivity index (χ2v) is 5.40. The lowest BCUT2D eigenvalue weighted by molar-refractivity contribution is 0.0927. The molecule has 0 unspecified atom stereocenters. The molecule has 0 spiro atoms. The summed E-state index contributed by atoms with van der Waals surface area (Å²) < 4.78 is 0. The van der Waals surface area contributed by atoms with Gasteiger partial charge in [0.1, 0.15) is 0 Å². The summed E-state index contributed by atoms with van der Waals surface area (Å²) in [6, 6.07) is 6.05. The summed E-state index contributed by atoms with van der Waals surface area (Å²) in [5, 5.41) is 3.13. The van der Waals surface area contributed by atoms with Gasteiger partial charge in [-0.25, -0.2) is 0 Å². The maximum absolute atomic E-state index is 12.3. The van der Waals surface area contributed by atoms with Gasteiger partial charge in [-0.15, -0.1) is 0 Å². The van der Waals surface area contributed by atoms with E-state index >= 15 is 0 Å². The zero-order valence-electron chi connectivity index (χ0n) is 12.0. The second-order valence-electron chi connectivity index (χ2n) is 5.40. The van der Waals surface area contributed by atoms with Crippen molar-refractivity contribution in [2.24, 2.45) is 5.73 Å². The highest BCUT2D eigenvalue weighted by Gasteiger charge is 2.16. The highest BCUT2D eigenvalue weighted by atomic mass is 16.1. The summed E-state index contributed by atoms with van der Waals surface area (Å²) in [4.78, 5) is 12.3. The predicted molar refractivity (Wildman–Crippen MR) is 81.5 cm³/mol. The number of hydrogen-bond donors (Lipinski definition) is 2. The largest absolute Gasteiger partial charge is 0.349 e. The van der Waals surface area contributed by atoms with Crippen LogP contribution in [-0.2, 0) is 0 Å². The minimum Gasteiger partial charge on any atom is -0.349 e. The average molecular weight is 270 g/mol. The van der Waals surface area contributed by atoms with Gasteiger partial charge in [-0.2, -0.15) is 0 Å². The van der Waals surface area contributed by atoms with Crippen LogP contribution in [0.15, 0.2) is 18.2 Å². The molecule has 0 bridgehead atoms. The molecule has 1 amide bonds. The first kappa shape index (κ1) is 14.6. The van der Waals surface area contributed by atoms with Crippen LogP contribution in [0.4, 0.5) is 0 Å². The minimum atomic E-state index is 0.0106. The van der Waals surface area contributed by atoms with Crippen LogP contribution < -0.4 is 11.1 Å². The molecule has 0 radical (unpaired) electrons. The Kier molecular flexibility index (Phi) is 5.20. The van der Waals surface area contributed by atoms with Gasteiger partial charge in [0.05, 0.1) is 6.54 Å². The number of carbonyl (C=O) groups excluding carboxylic acids is 1. The van der Waals surface area contributed by atoms with Crippen LogP contribution in [0.25, 0.3) is 0 Å². The highest BCUT2D eigenvalue weighted by Crippen LogP contribution is 2.18. The van der Waals surface area contributed by atoms with Crippen LogP contribution >= 0.6 is 0 Å². The molecule has 1 aliphatic carbocycles. The van der Waals surface area contributed by atoms with E-state index in [1.807, 2.05) is 25.1 Å². The lowest BCUT2D eigenvalue weighted by atomic mass is 9.95. The Morgan fingerprint density at radius 2 is 2.05 bits per heavy atom. The molecule has 1 aliphatic rings. The Bertz CT molecular complexity index is 534. The molecule has 0 heterocycles. The van der Waals surface area contributed by atoms with E-state index in [9.17, 15) is 4.79 Å². The maximum atomic E-state index is 12.3. The number of nitrogens with two attached hydrogens (primary N) is 1. The quantitative estimate of drug-likeness (QED) is 0.811. The summed E-state index contributed by atoms with van der Waals surface area (Å²) in [6.07, 6.45) is 5.91. The third-order valence-electron chi connectivity index (χ3n) is 3.61. The molecule has 20 heavy (non-hydrogen) atoms. The molecular formula is C17H22N2O. The molecule has 3 N–H and O–H groups in total. The Hall–Kier alpha value is -1.79. The summed E-state index contributed by atoms with van der Waals surface area (Å²) in [5.74, 6) is 5.82. The topological polar surface area (TPSA) is 55.1 Å². The molecule has 1 saturated carbocycles.